The predicted molar refractivity (Wildman–Crippen MR) is 77.9 cm³/mol. The van der Waals surface area contributed by atoms with Crippen LogP contribution in [-0.2, 0) is 12.8 Å². The van der Waals surface area contributed by atoms with Crippen molar-refractivity contribution in [2.24, 2.45) is 5.41 Å². The molecule has 0 heterocycles. The largest absolute Gasteiger partial charge is 0.122 e. The molecule has 0 aliphatic heterocycles. The van der Waals surface area contributed by atoms with E-state index >= 15 is 0 Å². The van der Waals surface area contributed by atoms with E-state index in [-0.39, 0.29) is 10.8 Å². The smallest absolute Gasteiger partial charge is 0.0384 e. The van der Waals surface area contributed by atoms with Gasteiger partial charge in [0, 0.05) is 5.38 Å². The Labute approximate surface area is 111 Å². The fourth-order valence-electron chi connectivity index (χ4n) is 1.86. The number of rotatable bonds is 5. The lowest BCUT2D eigenvalue weighted by molar-refractivity contribution is 0.369. The fourth-order valence-corrected chi connectivity index (χ4v) is 2.01. The number of halogens is 1. The van der Waals surface area contributed by atoms with Gasteiger partial charge in [0.15, 0.2) is 0 Å². The van der Waals surface area contributed by atoms with Crippen molar-refractivity contribution in [3.8, 4) is 0 Å². The van der Waals surface area contributed by atoms with Crippen LogP contribution in [-0.4, -0.2) is 5.38 Å². The van der Waals surface area contributed by atoms with Crippen LogP contribution in [0.2, 0.25) is 0 Å². The van der Waals surface area contributed by atoms with Gasteiger partial charge in [0.1, 0.15) is 0 Å². The maximum Gasteiger partial charge on any atom is 0.0384 e. The third kappa shape index (κ3) is 5.12. The summed E-state index contributed by atoms with van der Waals surface area (Å²) in [5.74, 6) is 0. The Morgan fingerprint density at radius 3 is 2.06 bits per heavy atom. The Morgan fingerprint density at radius 2 is 1.59 bits per heavy atom. The monoisotopic (exact) mass is 252 g/mol. The molecule has 0 spiro atoms. The zero-order valence-corrected chi connectivity index (χ0v) is 12.3. The van der Waals surface area contributed by atoms with E-state index in [1.165, 1.54) is 17.5 Å². The second-order valence-electron chi connectivity index (χ2n) is 5.90. The van der Waals surface area contributed by atoms with E-state index < -0.39 is 0 Å². The molecule has 0 nitrogen and oxygen atoms in total. The van der Waals surface area contributed by atoms with Gasteiger partial charge in [-0.3, -0.25) is 0 Å². The Morgan fingerprint density at radius 1 is 1.06 bits per heavy atom. The van der Waals surface area contributed by atoms with Crippen molar-refractivity contribution >= 4 is 11.6 Å². The Hall–Kier alpha value is -0.490. The Balaban J connectivity index is 2.35. The van der Waals surface area contributed by atoms with E-state index in [1.807, 2.05) is 0 Å². The molecule has 17 heavy (non-hydrogen) atoms. The van der Waals surface area contributed by atoms with Gasteiger partial charge in [0.05, 0.1) is 0 Å². The third-order valence-electron chi connectivity index (χ3n) is 3.29. The van der Waals surface area contributed by atoms with Gasteiger partial charge < -0.3 is 0 Å². The van der Waals surface area contributed by atoms with Crippen LogP contribution in [0.4, 0.5) is 0 Å². The molecular weight excluding hydrogens is 228 g/mol. The minimum absolute atomic E-state index is 0.216. The molecule has 0 saturated heterocycles. The van der Waals surface area contributed by atoms with E-state index in [9.17, 15) is 0 Å². The number of alkyl halides is 1. The summed E-state index contributed by atoms with van der Waals surface area (Å²) in [4.78, 5) is 0. The highest BCUT2D eigenvalue weighted by molar-refractivity contribution is 6.21. The quantitative estimate of drug-likeness (QED) is 0.630. The molecule has 0 aromatic heterocycles. The molecule has 0 bridgehead atoms. The van der Waals surface area contributed by atoms with Crippen LogP contribution >= 0.6 is 11.6 Å². The summed E-state index contributed by atoms with van der Waals surface area (Å²) < 4.78 is 0. The van der Waals surface area contributed by atoms with Crippen molar-refractivity contribution in [3.05, 3.63) is 35.4 Å². The molecule has 0 saturated carbocycles. The van der Waals surface area contributed by atoms with Crippen molar-refractivity contribution < 1.29 is 0 Å². The summed E-state index contributed by atoms with van der Waals surface area (Å²) in [7, 11) is 0. The van der Waals surface area contributed by atoms with Crippen LogP contribution < -0.4 is 0 Å². The van der Waals surface area contributed by atoms with Crippen LogP contribution in [0, 0.1) is 5.41 Å². The molecule has 1 rings (SSSR count). The summed E-state index contributed by atoms with van der Waals surface area (Å²) in [5, 5.41) is 0.275. The standard InChI is InChI=1S/C16H25Cl/c1-5-13-9-11-14(12-10-13)7-6-8-15(17)16(2,3)4/h9-12,15H,5-8H2,1-4H3. The maximum absolute atomic E-state index is 6.37. The lowest BCUT2D eigenvalue weighted by atomic mass is 9.88. The number of hydrogen-bond acceptors (Lipinski definition) is 0. The van der Waals surface area contributed by atoms with Gasteiger partial charge in [-0.1, -0.05) is 52.0 Å². The maximum atomic E-state index is 6.37. The lowest BCUT2D eigenvalue weighted by Crippen LogP contribution is -2.20. The second kappa shape index (κ2) is 6.44. The Kier molecular flexibility index (Phi) is 5.52. The third-order valence-corrected chi connectivity index (χ3v) is 4.17. The second-order valence-corrected chi connectivity index (χ2v) is 6.42. The van der Waals surface area contributed by atoms with Crippen LogP contribution in [0.15, 0.2) is 24.3 Å². The fraction of sp³-hybridized carbons (Fsp3) is 0.625. The average molecular weight is 253 g/mol. The normalized spacial score (nSPS) is 13.7. The van der Waals surface area contributed by atoms with E-state index in [0.29, 0.717) is 0 Å². The van der Waals surface area contributed by atoms with Gasteiger partial charge in [-0.2, -0.15) is 0 Å². The van der Waals surface area contributed by atoms with E-state index in [1.54, 1.807) is 0 Å². The highest BCUT2D eigenvalue weighted by Crippen LogP contribution is 2.28. The summed E-state index contributed by atoms with van der Waals surface area (Å²) in [6.07, 6.45) is 4.54. The summed E-state index contributed by atoms with van der Waals surface area (Å²) in [6.45, 7) is 8.82. The van der Waals surface area contributed by atoms with Crippen LogP contribution in [0.1, 0.15) is 51.7 Å². The lowest BCUT2D eigenvalue weighted by Gasteiger charge is -2.24. The SMILES string of the molecule is CCc1ccc(CCCC(Cl)C(C)(C)C)cc1. The zero-order valence-electron chi connectivity index (χ0n) is 11.6. The highest BCUT2D eigenvalue weighted by Gasteiger charge is 2.21. The van der Waals surface area contributed by atoms with Crippen LogP contribution in [0.3, 0.4) is 0 Å². The van der Waals surface area contributed by atoms with Gasteiger partial charge in [0.25, 0.3) is 0 Å². The predicted octanol–water partition coefficient (Wildman–Crippen LogP) is 5.23. The van der Waals surface area contributed by atoms with Gasteiger partial charge in [0.2, 0.25) is 0 Å². The molecule has 96 valence electrons. The first-order valence-corrected chi connectivity index (χ1v) is 7.09. The minimum atomic E-state index is 0.216. The molecular formula is C16H25Cl. The van der Waals surface area contributed by atoms with Crippen LogP contribution in [0.25, 0.3) is 0 Å². The first kappa shape index (κ1) is 14.6. The van der Waals surface area contributed by atoms with E-state index in [0.717, 1.165) is 19.3 Å². The molecule has 0 amide bonds. The topological polar surface area (TPSA) is 0 Å². The molecule has 0 N–H and O–H groups in total. The van der Waals surface area contributed by atoms with Crippen LogP contribution in [0.5, 0.6) is 0 Å². The number of aryl methyl sites for hydroxylation is 2. The van der Waals surface area contributed by atoms with Crippen molar-refractivity contribution in [1.29, 1.82) is 0 Å². The zero-order chi connectivity index (χ0) is 12.9. The highest BCUT2D eigenvalue weighted by atomic mass is 35.5. The molecule has 0 aliphatic carbocycles. The van der Waals surface area contributed by atoms with Crippen molar-refractivity contribution in [2.75, 3.05) is 0 Å². The van der Waals surface area contributed by atoms with Gasteiger partial charge in [-0.15, -0.1) is 11.6 Å². The molecule has 1 aromatic rings. The Bertz CT molecular complexity index is 318. The van der Waals surface area contributed by atoms with Crippen molar-refractivity contribution in [3.63, 3.8) is 0 Å². The first-order chi connectivity index (χ1) is 7.93. The first-order valence-electron chi connectivity index (χ1n) is 6.65. The summed E-state index contributed by atoms with van der Waals surface area (Å²) in [6, 6.07) is 8.97. The van der Waals surface area contributed by atoms with Crippen molar-refractivity contribution in [1.82, 2.24) is 0 Å². The average Bonchev–Trinajstić information content (AvgIpc) is 2.28. The molecule has 0 radical (unpaired) electrons. The van der Waals surface area contributed by atoms with Gasteiger partial charge in [-0.05, 0) is 42.2 Å². The number of hydrogen-bond donors (Lipinski definition) is 0. The summed E-state index contributed by atoms with van der Waals surface area (Å²) >= 11 is 6.37. The minimum Gasteiger partial charge on any atom is -0.122 e. The molecule has 1 aromatic carbocycles. The van der Waals surface area contributed by atoms with Gasteiger partial charge >= 0.3 is 0 Å². The molecule has 0 aliphatic rings. The van der Waals surface area contributed by atoms with Crippen molar-refractivity contribution in [2.45, 2.75) is 58.8 Å². The van der Waals surface area contributed by atoms with E-state index in [4.69, 9.17) is 11.6 Å². The molecule has 1 heteroatoms. The van der Waals surface area contributed by atoms with E-state index in [2.05, 4.69) is 52.0 Å². The summed E-state index contributed by atoms with van der Waals surface area (Å²) in [5.41, 5.74) is 3.06. The molecule has 1 atom stereocenters. The van der Waals surface area contributed by atoms with Gasteiger partial charge in [-0.25, -0.2) is 0 Å². The molecule has 0 fully saturated rings. The molecule has 1 unspecified atom stereocenters. The number of benzene rings is 1.